The molecule has 0 radical (unpaired) electrons. The number of benzene rings is 3. The number of carbonyl (C=O) groups is 1. The summed E-state index contributed by atoms with van der Waals surface area (Å²) in [7, 11) is 0. The number of aromatic hydroxyl groups is 4. The number of halogens is 2. The van der Waals surface area contributed by atoms with Gasteiger partial charge in [0.25, 0.3) is 0 Å². The van der Waals surface area contributed by atoms with Gasteiger partial charge in [0.15, 0.2) is 17.3 Å². The molecule has 2 heterocycles. The van der Waals surface area contributed by atoms with Crippen LogP contribution >= 0.6 is 11.6 Å². The van der Waals surface area contributed by atoms with Crippen LogP contribution in [0.1, 0.15) is 23.5 Å². The molecule has 4 N–H and O–H groups in total. The van der Waals surface area contributed by atoms with Crippen molar-refractivity contribution in [2.45, 2.75) is 12.3 Å². The number of phenols is 3. The van der Waals surface area contributed by atoms with E-state index in [-0.39, 0.29) is 45.0 Å². The number of hydrogen-bond donors (Lipinski definition) is 4. The van der Waals surface area contributed by atoms with E-state index in [9.17, 15) is 34.4 Å². The molecular formula is C24H14ClFO8. The van der Waals surface area contributed by atoms with Gasteiger partial charge in [-0.25, -0.2) is 4.39 Å². The van der Waals surface area contributed by atoms with Crippen LogP contribution in [0.2, 0.25) is 5.02 Å². The Morgan fingerprint density at radius 3 is 2.41 bits per heavy atom. The molecule has 0 unspecified atom stereocenters. The maximum atomic E-state index is 13.7. The second kappa shape index (κ2) is 7.67. The summed E-state index contributed by atoms with van der Waals surface area (Å²) in [5, 5.41) is 40.1. The van der Waals surface area contributed by atoms with Gasteiger partial charge in [0.2, 0.25) is 11.2 Å². The van der Waals surface area contributed by atoms with Crippen LogP contribution in [0.4, 0.5) is 4.39 Å². The van der Waals surface area contributed by atoms with Gasteiger partial charge in [-0.15, -0.1) is 0 Å². The largest absolute Gasteiger partial charge is 0.507 e. The number of hydrogen-bond acceptors (Lipinski definition) is 8. The van der Waals surface area contributed by atoms with E-state index in [1.807, 2.05) is 0 Å². The molecule has 3 aromatic carbocycles. The fraction of sp³-hybridized carbons (Fsp3) is 0.0833. The van der Waals surface area contributed by atoms with Gasteiger partial charge in [-0.1, -0.05) is 17.7 Å². The zero-order valence-corrected chi connectivity index (χ0v) is 17.8. The fourth-order valence-corrected chi connectivity index (χ4v) is 4.39. The average Bonchev–Trinajstić information content (AvgIpc) is 2.77. The first kappa shape index (κ1) is 21.6. The zero-order chi connectivity index (χ0) is 24.3. The van der Waals surface area contributed by atoms with Crippen LogP contribution in [0.15, 0.2) is 51.7 Å². The fourth-order valence-electron chi connectivity index (χ4n) is 4.09. The molecule has 0 bridgehead atoms. The van der Waals surface area contributed by atoms with E-state index in [1.54, 1.807) is 0 Å². The van der Waals surface area contributed by atoms with E-state index in [2.05, 4.69) is 0 Å². The third-order valence-corrected chi connectivity index (χ3v) is 5.97. The molecule has 0 saturated carbocycles. The molecule has 0 spiro atoms. The molecule has 4 aromatic rings. The van der Waals surface area contributed by atoms with Crippen molar-refractivity contribution in [3.63, 3.8) is 0 Å². The first-order valence-corrected chi connectivity index (χ1v) is 10.3. The monoisotopic (exact) mass is 484 g/mol. The summed E-state index contributed by atoms with van der Waals surface area (Å²) in [6.45, 7) is 0. The molecule has 5 rings (SSSR count). The van der Waals surface area contributed by atoms with E-state index in [0.717, 1.165) is 30.3 Å². The van der Waals surface area contributed by atoms with Gasteiger partial charge in [-0.05, 0) is 35.9 Å². The lowest BCUT2D eigenvalue weighted by molar-refractivity contribution is -0.135. The van der Waals surface area contributed by atoms with Crippen LogP contribution in [-0.4, -0.2) is 26.4 Å². The van der Waals surface area contributed by atoms with E-state index < -0.39 is 46.1 Å². The summed E-state index contributed by atoms with van der Waals surface area (Å²) < 4.78 is 24.8. The topological polar surface area (TPSA) is 137 Å². The highest BCUT2D eigenvalue weighted by molar-refractivity contribution is 6.31. The minimum Gasteiger partial charge on any atom is -0.507 e. The first-order valence-electron chi connectivity index (χ1n) is 9.89. The number of carbonyl (C=O) groups excluding carboxylic acids is 1. The first-order chi connectivity index (χ1) is 16.2. The predicted octanol–water partition coefficient (Wildman–Crippen LogP) is 4.52. The molecule has 0 fully saturated rings. The van der Waals surface area contributed by atoms with E-state index in [4.69, 9.17) is 20.8 Å². The third kappa shape index (κ3) is 3.29. The Hall–Kier alpha value is -4.24. The Morgan fingerprint density at radius 2 is 1.71 bits per heavy atom. The quantitative estimate of drug-likeness (QED) is 0.185. The number of ether oxygens (including phenoxy) is 1. The van der Waals surface area contributed by atoms with E-state index >= 15 is 0 Å². The van der Waals surface area contributed by atoms with Crippen molar-refractivity contribution >= 4 is 28.5 Å². The molecule has 8 nitrogen and oxygen atoms in total. The number of rotatable bonds is 2. The maximum absolute atomic E-state index is 13.7. The summed E-state index contributed by atoms with van der Waals surface area (Å²) in [6.07, 6.45) is -0.224. The van der Waals surface area contributed by atoms with E-state index in [0.29, 0.717) is 5.56 Å². The predicted molar refractivity (Wildman–Crippen MR) is 118 cm³/mol. The molecule has 10 heteroatoms. The lowest BCUT2D eigenvalue weighted by Gasteiger charge is -2.26. The number of esters is 1. The average molecular weight is 485 g/mol. The van der Waals surface area contributed by atoms with Crippen molar-refractivity contribution in [1.82, 2.24) is 0 Å². The Bertz CT molecular complexity index is 1580. The van der Waals surface area contributed by atoms with Crippen LogP contribution < -0.4 is 10.2 Å². The second-order valence-electron chi connectivity index (χ2n) is 7.72. The lowest BCUT2D eigenvalue weighted by Crippen LogP contribution is -2.22. The number of phenolic OH excluding ortho intramolecular Hbond substituents is 3. The molecule has 1 aromatic heterocycles. The SMILES string of the molecule is O=C1C[C@H](c2ccc(F)cc2Cl)c2c(cc(O)c3c(=O)c(O)c(-c4ccc(O)c(O)c4)oc23)O1. The highest BCUT2D eigenvalue weighted by Crippen LogP contribution is 2.48. The summed E-state index contributed by atoms with van der Waals surface area (Å²) in [6, 6.07) is 8.19. The molecule has 34 heavy (non-hydrogen) atoms. The smallest absolute Gasteiger partial charge is 0.312 e. The summed E-state index contributed by atoms with van der Waals surface area (Å²) in [5.74, 6) is -4.94. The van der Waals surface area contributed by atoms with Gasteiger partial charge in [0, 0.05) is 28.1 Å². The Morgan fingerprint density at radius 1 is 0.941 bits per heavy atom. The van der Waals surface area contributed by atoms with Crippen molar-refractivity contribution in [2.24, 2.45) is 0 Å². The van der Waals surface area contributed by atoms with Crippen molar-refractivity contribution in [3.05, 3.63) is 74.7 Å². The molecule has 0 amide bonds. The molecule has 172 valence electrons. The van der Waals surface area contributed by atoms with Gasteiger partial charge in [-0.3, -0.25) is 9.59 Å². The number of fused-ring (bicyclic) bond motifs is 3. The van der Waals surface area contributed by atoms with Crippen molar-refractivity contribution in [2.75, 3.05) is 0 Å². The minimum atomic E-state index is -0.982. The second-order valence-corrected chi connectivity index (χ2v) is 8.13. The summed E-state index contributed by atoms with van der Waals surface area (Å²) in [5.41, 5.74) is -0.592. The van der Waals surface area contributed by atoms with Crippen LogP contribution in [0.25, 0.3) is 22.3 Å². The van der Waals surface area contributed by atoms with Crippen LogP contribution in [0.3, 0.4) is 0 Å². The standard InChI is InChI=1S/C24H14ClFO8/c25-13-6-10(26)2-3-11(13)12-7-18(30)33-17-8-16(29)20-21(31)22(32)23(34-24(20)19(12)17)9-1-4-14(27)15(28)5-9/h1-6,8,12,27-29,32H,7H2/t12-/m1/s1. The Labute approximate surface area is 194 Å². The Kier molecular flexibility index (Phi) is 4.87. The highest BCUT2D eigenvalue weighted by Gasteiger charge is 2.35. The van der Waals surface area contributed by atoms with Gasteiger partial charge in [0.1, 0.15) is 28.3 Å². The summed E-state index contributed by atoms with van der Waals surface area (Å²) >= 11 is 6.25. The normalized spacial score (nSPS) is 15.2. The van der Waals surface area contributed by atoms with Crippen LogP contribution in [0.5, 0.6) is 28.7 Å². The molecule has 1 aliphatic heterocycles. The van der Waals surface area contributed by atoms with Gasteiger partial charge in [-0.2, -0.15) is 0 Å². The minimum absolute atomic E-state index is 0.0247. The third-order valence-electron chi connectivity index (χ3n) is 5.64. The molecule has 1 aliphatic rings. The van der Waals surface area contributed by atoms with Crippen molar-refractivity contribution in [3.8, 4) is 40.1 Å². The molecule has 0 aliphatic carbocycles. The Balaban J connectivity index is 1.87. The van der Waals surface area contributed by atoms with Crippen molar-refractivity contribution in [1.29, 1.82) is 0 Å². The van der Waals surface area contributed by atoms with Crippen LogP contribution in [0, 0.1) is 5.82 Å². The molecule has 0 saturated heterocycles. The maximum Gasteiger partial charge on any atom is 0.312 e. The van der Waals surface area contributed by atoms with Crippen molar-refractivity contribution < 1.29 is 38.8 Å². The van der Waals surface area contributed by atoms with Crippen LogP contribution in [-0.2, 0) is 4.79 Å². The highest BCUT2D eigenvalue weighted by atomic mass is 35.5. The van der Waals surface area contributed by atoms with Gasteiger partial charge >= 0.3 is 5.97 Å². The molecular weight excluding hydrogens is 471 g/mol. The van der Waals surface area contributed by atoms with Gasteiger partial charge in [0.05, 0.1) is 6.42 Å². The summed E-state index contributed by atoms with van der Waals surface area (Å²) in [4.78, 5) is 25.3. The lowest BCUT2D eigenvalue weighted by atomic mass is 9.85. The van der Waals surface area contributed by atoms with E-state index in [1.165, 1.54) is 12.1 Å². The molecule has 1 atom stereocenters. The van der Waals surface area contributed by atoms with Gasteiger partial charge < -0.3 is 29.6 Å². The zero-order valence-electron chi connectivity index (χ0n) is 17.0.